The molecule has 1 aliphatic carbocycles. The molecule has 2 atom stereocenters. The van der Waals surface area contributed by atoms with E-state index < -0.39 is 17.0 Å². The van der Waals surface area contributed by atoms with Crippen molar-refractivity contribution < 1.29 is 27.8 Å². The Kier molecular flexibility index (Phi) is 6.53. The van der Waals surface area contributed by atoms with Crippen molar-refractivity contribution in [2.24, 2.45) is 11.8 Å². The highest BCUT2D eigenvalue weighted by molar-refractivity contribution is 7.12. The molecule has 1 saturated carbocycles. The normalized spacial score (nSPS) is 17.8. The van der Waals surface area contributed by atoms with Gasteiger partial charge in [-0.3, -0.25) is 4.79 Å². The second-order valence-electron chi connectivity index (χ2n) is 7.82. The van der Waals surface area contributed by atoms with Crippen LogP contribution in [0.1, 0.15) is 21.7 Å². The number of alkyl halides is 3. The molecule has 1 aromatic heterocycles. The minimum absolute atomic E-state index is 0.0520. The smallest absolute Gasteiger partial charge is 0.426 e. The number of carboxylic acid groups (broad SMARTS) is 1. The quantitative estimate of drug-likeness (QED) is 0.421. The molecule has 0 radical (unpaired) electrons. The van der Waals surface area contributed by atoms with E-state index in [0.717, 1.165) is 12.0 Å². The van der Waals surface area contributed by atoms with Crippen LogP contribution >= 0.6 is 11.3 Å². The van der Waals surface area contributed by atoms with Crippen molar-refractivity contribution in [3.8, 4) is 16.9 Å². The average molecular weight is 462 g/mol. The molecule has 1 unspecified atom stereocenters. The Morgan fingerprint density at radius 1 is 1.12 bits per heavy atom. The van der Waals surface area contributed by atoms with Crippen molar-refractivity contribution >= 4 is 17.3 Å². The molecule has 0 aliphatic heterocycles. The molecule has 1 fully saturated rings. The van der Waals surface area contributed by atoms with E-state index in [-0.39, 0.29) is 24.0 Å². The Morgan fingerprint density at radius 3 is 2.47 bits per heavy atom. The van der Waals surface area contributed by atoms with E-state index in [0.29, 0.717) is 40.6 Å². The summed E-state index contributed by atoms with van der Waals surface area (Å²) in [4.78, 5) is 10.7. The monoisotopic (exact) mass is 461 g/mol. The molecular weight excluding hydrogens is 439 g/mol. The van der Waals surface area contributed by atoms with Crippen molar-refractivity contribution in [2.75, 3.05) is 6.54 Å². The van der Waals surface area contributed by atoms with Crippen LogP contribution in [0, 0.1) is 11.8 Å². The zero-order chi connectivity index (χ0) is 22.7. The van der Waals surface area contributed by atoms with Gasteiger partial charge in [-0.05, 0) is 48.2 Å². The highest BCUT2D eigenvalue weighted by Gasteiger charge is 2.42. The predicted molar refractivity (Wildman–Crippen MR) is 116 cm³/mol. The minimum atomic E-state index is -4.42. The molecule has 3 aromatic rings. The first-order valence-electron chi connectivity index (χ1n) is 10.2. The van der Waals surface area contributed by atoms with E-state index in [1.54, 1.807) is 48.5 Å². The van der Waals surface area contributed by atoms with Crippen LogP contribution in [0.2, 0.25) is 0 Å². The van der Waals surface area contributed by atoms with Gasteiger partial charge in [-0.25, -0.2) is 0 Å². The van der Waals surface area contributed by atoms with Gasteiger partial charge in [-0.15, -0.1) is 11.3 Å². The van der Waals surface area contributed by atoms with Crippen LogP contribution in [0.25, 0.3) is 11.1 Å². The van der Waals surface area contributed by atoms with Gasteiger partial charge < -0.3 is 15.2 Å². The third-order valence-corrected chi connectivity index (χ3v) is 6.56. The summed E-state index contributed by atoms with van der Waals surface area (Å²) in [6.45, 7) is 1.33. The number of carbonyl (C=O) groups is 1. The second kappa shape index (κ2) is 9.34. The summed E-state index contributed by atoms with van der Waals surface area (Å²) in [5, 5.41) is 12.2. The molecule has 4 nitrogen and oxygen atoms in total. The molecule has 0 bridgehead atoms. The molecule has 8 heteroatoms. The SMILES string of the molecule is O=C(O)[C@H]1CC1CNCc1ccc(OCc2cc(-c3ccccc3)c(C(F)(F)F)s2)cc1. The lowest BCUT2D eigenvalue weighted by atomic mass is 10.1. The zero-order valence-electron chi connectivity index (χ0n) is 17.1. The first-order chi connectivity index (χ1) is 15.3. The maximum atomic E-state index is 13.5. The Hall–Kier alpha value is -2.84. The summed E-state index contributed by atoms with van der Waals surface area (Å²) in [6, 6.07) is 17.4. The number of halogens is 3. The van der Waals surface area contributed by atoms with E-state index in [2.05, 4.69) is 5.32 Å². The van der Waals surface area contributed by atoms with Crippen molar-refractivity contribution in [2.45, 2.75) is 25.7 Å². The summed E-state index contributed by atoms with van der Waals surface area (Å²) >= 11 is 0.704. The maximum absolute atomic E-state index is 13.5. The summed E-state index contributed by atoms with van der Waals surface area (Å²) in [5.41, 5.74) is 1.72. The lowest BCUT2D eigenvalue weighted by Crippen LogP contribution is -2.18. The van der Waals surface area contributed by atoms with Gasteiger partial charge in [0.25, 0.3) is 0 Å². The van der Waals surface area contributed by atoms with E-state index in [4.69, 9.17) is 9.84 Å². The van der Waals surface area contributed by atoms with Crippen LogP contribution in [0.3, 0.4) is 0 Å². The van der Waals surface area contributed by atoms with Gasteiger partial charge in [0.05, 0.1) is 5.92 Å². The lowest BCUT2D eigenvalue weighted by molar-refractivity contribution is -0.139. The molecule has 0 saturated heterocycles. The molecule has 0 amide bonds. The van der Waals surface area contributed by atoms with Crippen molar-refractivity contribution in [3.63, 3.8) is 0 Å². The molecule has 4 rings (SSSR count). The topological polar surface area (TPSA) is 58.6 Å². The van der Waals surface area contributed by atoms with Crippen LogP contribution < -0.4 is 10.1 Å². The predicted octanol–water partition coefficient (Wildman–Crippen LogP) is 5.82. The molecule has 1 aliphatic rings. The summed E-state index contributed by atoms with van der Waals surface area (Å²) < 4.78 is 46.2. The molecule has 1 heterocycles. The van der Waals surface area contributed by atoms with Crippen LogP contribution in [-0.4, -0.2) is 17.6 Å². The fraction of sp³-hybridized carbons (Fsp3) is 0.292. The number of hydrogen-bond donors (Lipinski definition) is 2. The van der Waals surface area contributed by atoms with E-state index >= 15 is 0 Å². The van der Waals surface area contributed by atoms with Gasteiger partial charge in [0.2, 0.25) is 0 Å². The fourth-order valence-electron chi connectivity index (χ4n) is 3.59. The summed E-state index contributed by atoms with van der Waals surface area (Å²) in [5.74, 6) is -0.188. The van der Waals surface area contributed by atoms with Gasteiger partial charge >= 0.3 is 12.1 Å². The van der Waals surface area contributed by atoms with E-state index in [1.165, 1.54) is 0 Å². The number of aliphatic carboxylic acids is 1. The van der Waals surface area contributed by atoms with E-state index in [1.807, 2.05) is 12.1 Å². The number of rotatable bonds is 9. The van der Waals surface area contributed by atoms with Crippen molar-refractivity contribution in [3.05, 3.63) is 76.0 Å². The van der Waals surface area contributed by atoms with E-state index in [9.17, 15) is 18.0 Å². The van der Waals surface area contributed by atoms with Crippen molar-refractivity contribution in [1.29, 1.82) is 0 Å². The van der Waals surface area contributed by atoms with Gasteiger partial charge in [-0.2, -0.15) is 13.2 Å². The molecule has 2 N–H and O–H groups in total. The lowest BCUT2D eigenvalue weighted by Gasteiger charge is -2.07. The molecule has 168 valence electrons. The Labute approximate surface area is 187 Å². The minimum Gasteiger partial charge on any atom is -0.488 e. The van der Waals surface area contributed by atoms with Crippen LogP contribution in [0.15, 0.2) is 60.7 Å². The van der Waals surface area contributed by atoms with Gasteiger partial charge in [-0.1, -0.05) is 42.5 Å². The van der Waals surface area contributed by atoms with Crippen molar-refractivity contribution in [1.82, 2.24) is 5.32 Å². The Bertz CT molecular complexity index is 1060. The van der Waals surface area contributed by atoms with Crippen LogP contribution in [0.4, 0.5) is 13.2 Å². The first kappa shape index (κ1) is 22.4. The third-order valence-electron chi connectivity index (χ3n) is 5.41. The Morgan fingerprint density at radius 2 is 1.84 bits per heavy atom. The standard InChI is InChI=1S/C24H22F3NO3S/c25-24(26,27)22-20(16-4-2-1-3-5-16)11-19(32-22)14-31-18-8-6-15(7-9-18)12-28-13-17-10-21(17)23(29)30/h1-9,11,17,21,28H,10,12-14H2,(H,29,30)/t17?,21-/m0/s1. The second-order valence-corrected chi connectivity index (χ2v) is 8.96. The molecule has 2 aromatic carbocycles. The number of ether oxygens (including phenoxy) is 1. The average Bonchev–Trinajstić information content (AvgIpc) is 3.41. The third kappa shape index (κ3) is 5.49. The fourth-order valence-corrected chi connectivity index (χ4v) is 4.55. The highest BCUT2D eigenvalue weighted by Crippen LogP contribution is 2.43. The number of thiophene rings is 1. The number of hydrogen-bond acceptors (Lipinski definition) is 4. The summed E-state index contributed by atoms with van der Waals surface area (Å²) in [6.07, 6.45) is -3.70. The number of nitrogens with one attached hydrogen (secondary N) is 1. The number of carboxylic acids is 1. The number of benzene rings is 2. The molecular formula is C24H22F3NO3S. The van der Waals surface area contributed by atoms with Crippen LogP contribution in [0.5, 0.6) is 5.75 Å². The molecule has 0 spiro atoms. The largest absolute Gasteiger partial charge is 0.488 e. The molecule has 32 heavy (non-hydrogen) atoms. The van der Waals surface area contributed by atoms with Gasteiger partial charge in [0.1, 0.15) is 17.2 Å². The highest BCUT2D eigenvalue weighted by atomic mass is 32.1. The van der Waals surface area contributed by atoms with Gasteiger partial charge in [0, 0.05) is 17.0 Å². The maximum Gasteiger partial charge on any atom is 0.426 e. The Balaban J connectivity index is 1.33. The van der Waals surface area contributed by atoms with Gasteiger partial charge in [0.15, 0.2) is 0 Å². The van der Waals surface area contributed by atoms with Crippen LogP contribution in [-0.2, 0) is 24.1 Å². The summed E-state index contributed by atoms with van der Waals surface area (Å²) in [7, 11) is 0. The zero-order valence-corrected chi connectivity index (χ0v) is 17.9. The first-order valence-corrected chi connectivity index (χ1v) is 11.0.